The number of hydrogen-bond donors (Lipinski definition) is 0. The molecule has 0 fully saturated rings. The predicted octanol–water partition coefficient (Wildman–Crippen LogP) is 12.7. The van der Waals surface area contributed by atoms with Crippen molar-refractivity contribution in [3.05, 3.63) is 169 Å². The SMILES string of the molecule is CC(C)(C)c1cccc2oc3c4ccccc4c(N(Cc4ccccc4-c4ccccc4)c4ccc(-c5ccccc5)cc4)cc3c12. The van der Waals surface area contributed by atoms with Crippen molar-refractivity contribution in [2.75, 3.05) is 4.90 Å². The fourth-order valence-electron chi connectivity index (χ4n) is 6.99. The molecule has 0 aliphatic rings. The van der Waals surface area contributed by atoms with Crippen LogP contribution in [0.15, 0.2) is 162 Å². The molecule has 0 saturated carbocycles. The van der Waals surface area contributed by atoms with Gasteiger partial charge < -0.3 is 9.32 Å². The largest absolute Gasteiger partial charge is 0.455 e. The summed E-state index contributed by atoms with van der Waals surface area (Å²) in [6.45, 7) is 7.55. The minimum Gasteiger partial charge on any atom is -0.455 e. The number of fused-ring (bicyclic) bond motifs is 5. The Balaban J connectivity index is 1.38. The second-order valence-electron chi connectivity index (χ2n) is 13.4. The van der Waals surface area contributed by atoms with Crippen LogP contribution < -0.4 is 4.90 Å². The molecule has 7 aromatic carbocycles. The minimum atomic E-state index is -0.0380. The molecular weight excluding hydrogens is 571 g/mol. The highest BCUT2D eigenvalue weighted by Crippen LogP contribution is 2.45. The Kier molecular flexibility index (Phi) is 7.14. The minimum absolute atomic E-state index is 0.0380. The number of benzene rings is 7. The third kappa shape index (κ3) is 5.26. The first-order valence-corrected chi connectivity index (χ1v) is 16.4. The quantitative estimate of drug-likeness (QED) is 0.187. The van der Waals surface area contributed by atoms with Crippen molar-refractivity contribution in [1.82, 2.24) is 0 Å². The summed E-state index contributed by atoms with van der Waals surface area (Å²) in [6.07, 6.45) is 0. The highest BCUT2D eigenvalue weighted by molar-refractivity contribution is 6.20. The van der Waals surface area contributed by atoms with Crippen LogP contribution in [0.1, 0.15) is 31.9 Å². The fourth-order valence-corrected chi connectivity index (χ4v) is 6.99. The maximum absolute atomic E-state index is 6.68. The summed E-state index contributed by atoms with van der Waals surface area (Å²) in [7, 11) is 0. The van der Waals surface area contributed by atoms with Crippen molar-refractivity contribution in [2.24, 2.45) is 0 Å². The van der Waals surface area contributed by atoms with Crippen LogP contribution in [-0.2, 0) is 12.0 Å². The van der Waals surface area contributed by atoms with Crippen molar-refractivity contribution >= 4 is 44.1 Å². The van der Waals surface area contributed by atoms with E-state index in [2.05, 4.69) is 183 Å². The van der Waals surface area contributed by atoms with E-state index in [1.54, 1.807) is 0 Å². The van der Waals surface area contributed by atoms with E-state index in [4.69, 9.17) is 4.42 Å². The Morgan fingerprint density at radius 2 is 1.15 bits per heavy atom. The van der Waals surface area contributed by atoms with Crippen molar-refractivity contribution in [2.45, 2.75) is 32.7 Å². The number of furan rings is 1. The zero-order valence-corrected chi connectivity index (χ0v) is 27.1. The molecule has 0 saturated heterocycles. The maximum Gasteiger partial charge on any atom is 0.143 e. The first kappa shape index (κ1) is 28.8. The second-order valence-corrected chi connectivity index (χ2v) is 13.4. The summed E-state index contributed by atoms with van der Waals surface area (Å²) < 4.78 is 6.68. The van der Waals surface area contributed by atoms with Gasteiger partial charge in [-0.2, -0.15) is 0 Å². The topological polar surface area (TPSA) is 16.4 Å². The molecule has 0 unspecified atom stereocenters. The molecule has 8 aromatic rings. The monoisotopic (exact) mass is 607 g/mol. The Bertz CT molecular complexity index is 2340. The fraction of sp³-hybridized carbons (Fsp3) is 0.111. The average molecular weight is 608 g/mol. The summed E-state index contributed by atoms with van der Waals surface area (Å²) in [6, 6.07) is 56.6. The molecule has 0 spiro atoms. The zero-order chi connectivity index (χ0) is 32.0. The van der Waals surface area contributed by atoms with Gasteiger partial charge in [0.2, 0.25) is 0 Å². The van der Waals surface area contributed by atoms with Gasteiger partial charge in [0.05, 0.1) is 5.69 Å². The molecule has 1 heterocycles. The van der Waals surface area contributed by atoms with Gasteiger partial charge in [-0.3, -0.25) is 0 Å². The lowest BCUT2D eigenvalue weighted by Gasteiger charge is -2.28. The molecule has 0 aliphatic carbocycles. The highest BCUT2D eigenvalue weighted by Gasteiger charge is 2.24. The van der Waals surface area contributed by atoms with Gasteiger partial charge in [-0.1, -0.05) is 154 Å². The van der Waals surface area contributed by atoms with Gasteiger partial charge in [-0.15, -0.1) is 0 Å². The number of hydrogen-bond acceptors (Lipinski definition) is 2. The van der Waals surface area contributed by atoms with Gasteiger partial charge in [0.25, 0.3) is 0 Å². The molecule has 8 rings (SSSR count). The van der Waals surface area contributed by atoms with Crippen LogP contribution in [0, 0.1) is 0 Å². The van der Waals surface area contributed by atoms with Gasteiger partial charge in [-0.05, 0) is 63.1 Å². The lowest BCUT2D eigenvalue weighted by atomic mass is 9.84. The van der Waals surface area contributed by atoms with E-state index in [9.17, 15) is 0 Å². The van der Waals surface area contributed by atoms with Crippen LogP contribution >= 0.6 is 0 Å². The van der Waals surface area contributed by atoms with Crippen LogP contribution in [0.3, 0.4) is 0 Å². The summed E-state index contributed by atoms with van der Waals surface area (Å²) in [4.78, 5) is 2.48. The molecule has 0 radical (unpaired) electrons. The number of nitrogens with zero attached hydrogens (tertiary/aromatic N) is 1. The van der Waals surface area contributed by atoms with Crippen LogP contribution in [0.4, 0.5) is 11.4 Å². The van der Waals surface area contributed by atoms with Crippen LogP contribution in [0.2, 0.25) is 0 Å². The Morgan fingerprint density at radius 1 is 0.532 bits per heavy atom. The van der Waals surface area contributed by atoms with E-state index in [1.165, 1.54) is 44.2 Å². The molecule has 47 heavy (non-hydrogen) atoms. The van der Waals surface area contributed by atoms with E-state index < -0.39 is 0 Å². The van der Waals surface area contributed by atoms with E-state index in [-0.39, 0.29) is 5.41 Å². The van der Waals surface area contributed by atoms with E-state index in [0.29, 0.717) is 6.54 Å². The molecule has 1 aromatic heterocycles. The Morgan fingerprint density at radius 3 is 1.87 bits per heavy atom. The second kappa shape index (κ2) is 11.6. The zero-order valence-electron chi connectivity index (χ0n) is 27.1. The number of anilines is 2. The molecule has 0 aliphatic heterocycles. The lowest BCUT2D eigenvalue weighted by molar-refractivity contribution is 0.594. The van der Waals surface area contributed by atoms with E-state index in [1.807, 2.05) is 0 Å². The van der Waals surface area contributed by atoms with Crippen molar-refractivity contribution < 1.29 is 4.42 Å². The van der Waals surface area contributed by atoms with Gasteiger partial charge in [0.1, 0.15) is 11.2 Å². The summed E-state index contributed by atoms with van der Waals surface area (Å²) in [5.74, 6) is 0. The van der Waals surface area contributed by atoms with Crippen LogP contribution in [-0.4, -0.2) is 0 Å². The predicted molar refractivity (Wildman–Crippen MR) is 200 cm³/mol. The molecule has 0 bridgehead atoms. The molecule has 2 heteroatoms. The lowest BCUT2D eigenvalue weighted by Crippen LogP contribution is -2.17. The standard InChI is InChI=1S/C45H37NO/c1-45(2,3)40-23-14-24-42-43(40)39-29-41(37-21-12-13-22-38(37)44(39)47-42)46(35-27-25-32(26-28-35)31-15-6-4-7-16-31)30-34-19-10-11-20-36(34)33-17-8-5-9-18-33/h4-29H,30H2,1-3H3. The van der Waals surface area contributed by atoms with Gasteiger partial charge in [-0.25, -0.2) is 0 Å². The summed E-state index contributed by atoms with van der Waals surface area (Å²) in [5, 5.41) is 4.64. The van der Waals surface area contributed by atoms with E-state index >= 15 is 0 Å². The van der Waals surface area contributed by atoms with Gasteiger partial charge in [0, 0.05) is 33.8 Å². The molecule has 228 valence electrons. The summed E-state index contributed by atoms with van der Waals surface area (Å²) >= 11 is 0. The first-order valence-electron chi connectivity index (χ1n) is 16.4. The average Bonchev–Trinajstić information content (AvgIpc) is 3.50. The third-order valence-electron chi connectivity index (χ3n) is 9.30. The maximum atomic E-state index is 6.68. The molecule has 0 amide bonds. The van der Waals surface area contributed by atoms with Crippen molar-refractivity contribution in [3.8, 4) is 22.3 Å². The van der Waals surface area contributed by atoms with Gasteiger partial charge in [0.15, 0.2) is 0 Å². The smallest absolute Gasteiger partial charge is 0.143 e. The van der Waals surface area contributed by atoms with E-state index in [0.717, 1.165) is 33.3 Å². The van der Waals surface area contributed by atoms with Crippen molar-refractivity contribution in [1.29, 1.82) is 0 Å². The third-order valence-corrected chi connectivity index (χ3v) is 9.30. The molecule has 0 N–H and O–H groups in total. The Labute approximate surface area is 276 Å². The van der Waals surface area contributed by atoms with Crippen LogP contribution in [0.5, 0.6) is 0 Å². The normalized spacial score (nSPS) is 11.8. The molecule has 0 atom stereocenters. The molecule has 2 nitrogen and oxygen atoms in total. The number of rotatable bonds is 6. The van der Waals surface area contributed by atoms with Gasteiger partial charge >= 0.3 is 0 Å². The Hall–Kier alpha value is -5.60. The van der Waals surface area contributed by atoms with Crippen LogP contribution in [0.25, 0.3) is 55.0 Å². The molecular formula is C45H37NO. The van der Waals surface area contributed by atoms with Crippen molar-refractivity contribution in [3.63, 3.8) is 0 Å². The summed E-state index contributed by atoms with van der Waals surface area (Å²) in [5.41, 5.74) is 11.6. The highest BCUT2D eigenvalue weighted by atomic mass is 16.3. The first-order chi connectivity index (χ1) is 23.0.